The van der Waals surface area contributed by atoms with E-state index in [-0.39, 0.29) is 40.9 Å². The molecule has 6 rings (SSSR count). The molecule has 238 valence electrons. The number of halogens is 1. The van der Waals surface area contributed by atoms with Gasteiger partial charge in [-0.3, -0.25) is 23.8 Å². The monoisotopic (exact) mass is 665 g/mol. The van der Waals surface area contributed by atoms with E-state index in [0.29, 0.717) is 46.0 Å². The van der Waals surface area contributed by atoms with Gasteiger partial charge < -0.3 is 9.47 Å². The fourth-order valence-electron chi connectivity index (χ4n) is 5.48. The highest BCUT2D eigenvalue weighted by molar-refractivity contribution is 6.32. The van der Waals surface area contributed by atoms with Crippen LogP contribution >= 0.6 is 11.6 Å². The van der Waals surface area contributed by atoms with Crippen molar-refractivity contribution in [2.24, 2.45) is 0 Å². The highest BCUT2D eigenvalue weighted by Crippen LogP contribution is 2.36. The lowest BCUT2D eigenvalue weighted by Crippen LogP contribution is -2.18. The average molecular weight is 666 g/mol. The number of nitriles is 2. The molecule has 3 heterocycles. The Morgan fingerprint density at radius 1 is 0.837 bits per heavy atom. The molecule has 0 aliphatic heterocycles. The SMILES string of the molecule is Cc1c(-c2ccn3c(=O)c(C=O)cnc3c2)cccc1-c1cccc(COc2cc(OCc3cncc(C#N)c3)c(C=O)cc2Cl)c1C#N. The third-order valence-corrected chi connectivity index (χ3v) is 8.25. The van der Waals surface area contributed by atoms with Crippen LogP contribution in [0.15, 0.2) is 96.3 Å². The zero-order valence-corrected chi connectivity index (χ0v) is 26.6. The molecule has 0 unspecified atom stereocenters. The molecule has 0 radical (unpaired) electrons. The molecule has 10 nitrogen and oxygen atoms in total. The zero-order chi connectivity index (χ0) is 34.5. The second-order valence-electron chi connectivity index (χ2n) is 10.9. The quantitative estimate of drug-likeness (QED) is 0.142. The molecule has 0 atom stereocenters. The van der Waals surface area contributed by atoms with Crippen molar-refractivity contribution in [3.05, 3.63) is 146 Å². The molecule has 0 saturated heterocycles. The lowest BCUT2D eigenvalue weighted by atomic mass is 9.89. The second kappa shape index (κ2) is 14.0. The van der Waals surface area contributed by atoms with Gasteiger partial charge in [0.15, 0.2) is 12.6 Å². The molecule has 0 fully saturated rings. The van der Waals surface area contributed by atoms with E-state index in [1.165, 1.54) is 28.9 Å². The summed E-state index contributed by atoms with van der Waals surface area (Å²) in [5.74, 6) is 0.485. The van der Waals surface area contributed by atoms with E-state index in [2.05, 4.69) is 16.0 Å². The van der Waals surface area contributed by atoms with Crippen LogP contribution in [0, 0.1) is 29.6 Å². The number of nitrogens with zero attached hydrogens (tertiary/aromatic N) is 5. The molecule has 49 heavy (non-hydrogen) atoms. The van der Waals surface area contributed by atoms with E-state index in [9.17, 15) is 19.6 Å². The third-order valence-electron chi connectivity index (χ3n) is 7.95. The molecule has 0 aliphatic rings. The maximum Gasteiger partial charge on any atom is 0.268 e. The van der Waals surface area contributed by atoms with Gasteiger partial charge in [-0.05, 0) is 53.4 Å². The summed E-state index contributed by atoms with van der Waals surface area (Å²) in [6.07, 6.45) is 6.96. The lowest BCUT2D eigenvalue weighted by Gasteiger charge is -2.16. The average Bonchev–Trinajstić information content (AvgIpc) is 3.13. The zero-order valence-electron chi connectivity index (χ0n) is 25.9. The molecule has 0 bridgehead atoms. The minimum absolute atomic E-state index is 0.00290. The van der Waals surface area contributed by atoms with E-state index >= 15 is 0 Å². The fraction of sp³-hybridized carbons (Fsp3) is 0.0789. The van der Waals surface area contributed by atoms with Gasteiger partial charge in [0, 0.05) is 47.5 Å². The van der Waals surface area contributed by atoms with Gasteiger partial charge in [-0.25, -0.2) is 4.98 Å². The molecule has 0 saturated carbocycles. The fourth-order valence-corrected chi connectivity index (χ4v) is 5.70. The molecule has 11 heteroatoms. The van der Waals surface area contributed by atoms with Crippen LogP contribution in [-0.2, 0) is 13.2 Å². The first-order chi connectivity index (χ1) is 23.8. The van der Waals surface area contributed by atoms with Crippen molar-refractivity contribution in [1.29, 1.82) is 10.5 Å². The van der Waals surface area contributed by atoms with Crippen molar-refractivity contribution in [2.75, 3.05) is 0 Å². The summed E-state index contributed by atoms with van der Waals surface area (Å²) in [5, 5.41) is 19.7. The van der Waals surface area contributed by atoms with Crippen molar-refractivity contribution in [1.82, 2.24) is 14.4 Å². The van der Waals surface area contributed by atoms with Crippen LogP contribution in [-0.4, -0.2) is 26.9 Å². The highest BCUT2D eigenvalue weighted by Gasteiger charge is 2.17. The summed E-state index contributed by atoms with van der Waals surface area (Å²) in [5.41, 5.74) is 6.32. The van der Waals surface area contributed by atoms with E-state index in [4.69, 9.17) is 26.3 Å². The maximum atomic E-state index is 12.5. The molecule has 3 aromatic heterocycles. The first-order valence-corrected chi connectivity index (χ1v) is 15.2. The Bertz CT molecular complexity index is 2430. The van der Waals surface area contributed by atoms with Gasteiger partial charge in [-0.2, -0.15) is 10.5 Å². The Hall–Kier alpha value is -6.62. The topological polar surface area (TPSA) is 147 Å². The lowest BCUT2D eigenvalue weighted by molar-refractivity contribution is 0.111. The molecule has 6 aromatic rings. The van der Waals surface area contributed by atoms with Gasteiger partial charge in [0.2, 0.25) is 0 Å². The van der Waals surface area contributed by atoms with Gasteiger partial charge in [-0.15, -0.1) is 0 Å². The molecular formula is C38H24ClN5O5. The van der Waals surface area contributed by atoms with Crippen molar-refractivity contribution >= 4 is 29.8 Å². The Kier molecular flexibility index (Phi) is 9.25. The van der Waals surface area contributed by atoms with Gasteiger partial charge in [-0.1, -0.05) is 48.0 Å². The number of pyridine rings is 2. The van der Waals surface area contributed by atoms with Crippen LogP contribution in [0.3, 0.4) is 0 Å². The highest BCUT2D eigenvalue weighted by atomic mass is 35.5. The van der Waals surface area contributed by atoms with Crippen molar-refractivity contribution in [2.45, 2.75) is 20.1 Å². The van der Waals surface area contributed by atoms with Gasteiger partial charge >= 0.3 is 0 Å². The Morgan fingerprint density at radius 3 is 2.37 bits per heavy atom. The van der Waals surface area contributed by atoms with E-state index in [0.717, 1.165) is 22.3 Å². The summed E-state index contributed by atoms with van der Waals surface area (Å²) in [4.78, 5) is 43.8. The molecule has 0 amide bonds. The molecule has 0 spiro atoms. The summed E-state index contributed by atoms with van der Waals surface area (Å²) in [6, 6.07) is 23.8. The number of aldehydes is 2. The predicted octanol–water partition coefficient (Wildman–Crippen LogP) is 6.91. The first kappa shape index (κ1) is 32.3. The summed E-state index contributed by atoms with van der Waals surface area (Å²) in [7, 11) is 0. The molecular weight excluding hydrogens is 642 g/mol. The second-order valence-corrected chi connectivity index (χ2v) is 11.3. The number of rotatable bonds is 10. The largest absolute Gasteiger partial charge is 0.488 e. The number of fused-ring (bicyclic) bond motifs is 1. The summed E-state index contributed by atoms with van der Waals surface area (Å²) >= 11 is 6.47. The summed E-state index contributed by atoms with van der Waals surface area (Å²) in [6.45, 7) is 2.01. The van der Waals surface area contributed by atoms with Gasteiger partial charge in [0.25, 0.3) is 5.56 Å². The Morgan fingerprint density at radius 2 is 1.59 bits per heavy atom. The molecule has 3 aromatic carbocycles. The number of hydrogen-bond donors (Lipinski definition) is 0. The Labute approximate surface area is 285 Å². The predicted molar refractivity (Wildman–Crippen MR) is 182 cm³/mol. The van der Waals surface area contributed by atoms with E-state index in [1.807, 2.05) is 43.3 Å². The minimum Gasteiger partial charge on any atom is -0.488 e. The first-order valence-electron chi connectivity index (χ1n) is 14.8. The minimum atomic E-state index is -0.445. The van der Waals surface area contributed by atoms with Crippen LogP contribution < -0.4 is 15.0 Å². The van der Waals surface area contributed by atoms with Crippen LogP contribution in [0.4, 0.5) is 0 Å². The van der Waals surface area contributed by atoms with E-state index < -0.39 is 5.56 Å². The Balaban J connectivity index is 1.29. The van der Waals surface area contributed by atoms with Crippen molar-refractivity contribution in [3.8, 4) is 45.9 Å². The number of carbonyl (C=O) groups is 2. The molecule has 0 aliphatic carbocycles. The number of aromatic nitrogens is 3. The van der Waals surface area contributed by atoms with Crippen molar-refractivity contribution < 1.29 is 19.1 Å². The smallest absolute Gasteiger partial charge is 0.268 e. The number of carbonyl (C=O) groups excluding carboxylic acids is 2. The number of benzene rings is 3. The van der Waals surface area contributed by atoms with Crippen LogP contribution in [0.5, 0.6) is 11.5 Å². The summed E-state index contributed by atoms with van der Waals surface area (Å²) < 4.78 is 13.3. The maximum absolute atomic E-state index is 12.5. The molecule has 0 N–H and O–H groups in total. The number of hydrogen-bond acceptors (Lipinski definition) is 9. The van der Waals surface area contributed by atoms with Crippen molar-refractivity contribution in [3.63, 3.8) is 0 Å². The van der Waals surface area contributed by atoms with Crippen LogP contribution in [0.25, 0.3) is 27.9 Å². The normalized spacial score (nSPS) is 10.6. The van der Waals surface area contributed by atoms with Gasteiger partial charge in [0.05, 0.1) is 27.3 Å². The van der Waals surface area contributed by atoms with Gasteiger partial charge in [0.1, 0.15) is 42.5 Å². The van der Waals surface area contributed by atoms with Crippen LogP contribution in [0.1, 0.15) is 48.5 Å². The van der Waals surface area contributed by atoms with Crippen LogP contribution in [0.2, 0.25) is 5.02 Å². The van der Waals surface area contributed by atoms with E-state index in [1.54, 1.807) is 36.7 Å². The third kappa shape index (κ3) is 6.50. The number of ether oxygens (including phenoxy) is 2. The standard InChI is InChI=1S/C38H24ClN5O5/c1-23-30(26-8-9-44-37(12-26)43-18-29(20-46)38(44)47)5-3-6-31(23)32-7-2-4-27(33(32)15-41)22-49-36-13-35(28(19-45)11-34(36)39)48-21-25-10-24(14-40)16-42-17-25/h2-13,16-20H,21-22H2,1H3.